The first-order valence-electron chi connectivity index (χ1n) is 6.48. The van der Waals surface area contributed by atoms with Gasteiger partial charge >= 0.3 is 11.9 Å². The third-order valence-corrected chi connectivity index (χ3v) is 3.30. The standard InChI is InChI=1S/C11H17NO12/c13-1-23-11-7(18)5(16)6(17)8(24-11)12-2(3(14)9(19)20)4(15)10(21)22/h1-8,11-12,14-18H,(H,19,20)(H,21,22)/t2?,3?,4?,5-,6?,7+,8-,11?/m1/s1. The van der Waals surface area contributed by atoms with Crippen LogP contribution in [0.5, 0.6) is 0 Å². The molecule has 13 heteroatoms. The number of hydrogen-bond acceptors (Lipinski definition) is 11. The van der Waals surface area contributed by atoms with Crippen LogP contribution in [0.3, 0.4) is 0 Å². The van der Waals surface area contributed by atoms with Crippen molar-refractivity contribution in [3.63, 3.8) is 0 Å². The van der Waals surface area contributed by atoms with Gasteiger partial charge in [0.1, 0.15) is 24.5 Å². The first-order chi connectivity index (χ1) is 11.1. The van der Waals surface area contributed by atoms with Crippen LogP contribution in [0.2, 0.25) is 0 Å². The second-order valence-electron chi connectivity index (χ2n) is 4.89. The van der Waals surface area contributed by atoms with E-state index in [2.05, 4.69) is 4.74 Å². The van der Waals surface area contributed by atoms with Gasteiger partial charge in [0.2, 0.25) is 6.29 Å². The lowest BCUT2D eigenvalue weighted by atomic mass is 9.99. The maximum Gasteiger partial charge on any atom is 0.334 e. The highest BCUT2D eigenvalue weighted by atomic mass is 16.7. The maximum atomic E-state index is 10.8. The third-order valence-electron chi connectivity index (χ3n) is 3.30. The molecule has 13 nitrogen and oxygen atoms in total. The molecule has 0 aliphatic carbocycles. The lowest BCUT2D eigenvalue weighted by Crippen LogP contribution is -2.67. The fourth-order valence-corrected chi connectivity index (χ4v) is 2.00. The van der Waals surface area contributed by atoms with Crippen LogP contribution in [0.25, 0.3) is 0 Å². The fraction of sp³-hybridized carbons (Fsp3) is 0.727. The van der Waals surface area contributed by atoms with Crippen molar-refractivity contribution in [3.8, 4) is 0 Å². The van der Waals surface area contributed by atoms with Gasteiger partial charge in [-0.2, -0.15) is 0 Å². The van der Waals surface area contributed by atoms with Crippen LogP contribution < -0.4 is 5.32 Å². The molecule has 24 heavy (non-hydrogen) atoms. The topological polar surface area (TPSA) is 223 Å². The number of carboxylic acids is 2. The molecular formula is C11H17NO12. The Morgan fingerprint density at radius 1 is 1.00 bits per heavy atom. The number of aliphatic carboxylic acids is 2. The van der Waals surface area contributed by atoms with Gasteiger partial charge in [0, 0.05) is 0 Å². The Morgan fingerprint density at radius 2 is 1.50 bits per heavy atom. The Labute approximate surface area is 133 Å². The molecule has 1 aliphatic rings. The van der Waals surface area contributed by atoms with E-state index in [1.165, 1.54) is 0 Å². The number of rotatable bonds is 8. The van der Waals surface area contributed by atoms with Crippen molar-refractivity contribution >= 4 is 18.4 Å². The van der Waals surface area contributed by atoms with Crippen LogP contribution in [0, 0.1) is 0 Å². The molecule has 0 saturated carbocycles. The van der Waals surface area contributed by atoms with Crippen LogP contribution in [0.4, 0.5) is 0 Å². The first kappa shape index (κ1) is 20.2. The Hall–Kier alpha value is -1.87. The minimum absolute atomic E-state index is 0.134. The van der Waals surface area contributed by atoms with Gasteiger partial charge in [-0.3, -0.25) is 10.1 Å². The van der Waals surface area contributed by atoms with Crippen molar-refractivity contribution in [1.82, 2.24) is 5.32 Å². The molecule has 0 aromatic rings. The van der Waals surface area contributed by atoms with Crippen molar-refractivity contribution in [2.45, 2.75) is 49.1 Å². The van der Waals surface area contributed by atoms with Crippen LogP contribution in [0.15, 0.2) is 0 Å². The summed E-state index contributed by atoms with van der Waals surface area (Å²) in [6.07, 6.45) is -14.1. The second kappa shape index (κ2) is 8.29. The summed E-state index contributed by atoms with van der Waals surface area (Å²) in [6.45, 7) is -0.134. The molecule has 1 fully saturated rings. The fourth-order valence-electron chi connectivity index (χ4n) is 2.00. The number of carbonyl (C=O) groups is 3. The molecule has 7 atom stereocenters. The summed E-state index contributed by atoms with van der Waals surface area (Å²) in [4.78, 5) is 32.0. The smallest absolute Gasteiger partial charge is 0.334 e. The zero-order valence-electron chi connectivity index (χ0n) is 11.9. The highest BCUT2D eigenvalue weighted by molar-refractivity contribution is 5.78. The quantitative estimate of drug-likeness (QED) is 0.191. The van der Waals surface area contributed by atoms with E-state index in [4.69, 9.17) is 14.9 Å². The Kier molecular flexibility index (Phi) is 6.97. The SMILES string of the molecule is O=COC1O[C@@H](NC(C(O)C(=O)O)C(O)C(=O)O)C(O)[C@@H](O)[C@@H]1O. The number of carbonyl (C=O) groups excluding carboxylic acids is 1. The predicted molar refractivity (Wildman–Crippen MR) is 68.0 cm³/mol. The molecular weight excluding hydrogens is 338 g/mol. The van der Waals surface area contributed by atoms with Crippen molar-refractivity contribution < 1.29 is 59.6 Å². The molecule has 1 heterocycles. The number of carboxylic acid groups (broad SMARTS) is 2. The summed E-state index contributed by atoms with van der Waals surface area (Å²) in [5.74, 6) is -3.78. The van der Waals surface area contributed by atoms with E-state index in [1.807, 2.05) is 5.32 Å². The van der Waals surface area contributed by atoms with E-state index in [0.29, 0.717) is 0 Å². The largest absolute Gasteiger partial charge is 0.479 e. The molecule has 1 saturated heterocycles. The minimum atomic E-state index is -2.43. The lowest BCUT2D eigenvalue weighted by molar-refractivity contribution is -0.292. The molecule has 0 aromatic carbocycles. The van der Waals surface area contributed by atoms with Crippen molar-refractivity contribution in [2.24, 2.45) is 0 Å². The predicted octanol–water partition coefficient (Wildman–Crippen LogP) is -5.23. The van der Waals surface area contributed by atoms with E-state index < -0.39 is 61.0 Å². The summed E-state index contributed by atoms with van der Waals surface area (Å²) in [6, 6.07) is -2.07. The number of nitrogens with one attached hydrogen (secondary N) is 1. The number of hydrogen-bond donors (Lipinski definition) is 8. The lowest BCUT2D eigenvalue weighted by Gasteiger charge is -2.41. The monoisotopic (exact) mass is 355 g/mol. The van der Waals surface area contributed by atoms with Gasteiger partial charge in [-0.1, -0.05) is 0 Å². The summed E-state index contributed by atoms with van der Waals surface area (Å²) >= 11 is 0. The normalized spacial score (nSPS) is 34.0. The molecule has 0 spiro atoms. The highest BCUT2D eigenvalue weighted by Crippen LogP contribution is 2.21. The van der Waals surface area contributed by atoms with E-state index in [9.17, 15) is 39.9 Å². The molecule has 8 N–H and O–H groups in total. The Morgan fingerprint density at radius 3 is 1.92 bits per heavy atom. The average Bonchev–Trinajstić information content (AvgIpc) is 2.52. The van der Waals surface area contributed by atoms with Crippen LogP contribution >= 0.6 is 0 Å². The average molecular weight is 355 g/mol. The van der Waals surface area contributed by atoms with Gasteiger partial charge < -0.3 is 45.2 Å². The van der Waals surface area contributed by atoms with Gasteiger partial charge in [0.05, 0.1) is 6.04 Å². The molecule has 138 valence electrons. The van der Waals surface area contributed by atoms with E-state index >= 15 is 0 Å². The Bertz CT molecular complexity index is 452. The van der Waals surface area contributed by atoms with Crippen molar-refractivity contribution in [1.29, 1.82) is 0 Å². The summed E-state index contributed by atoms with van der Waals surface area (Å²) in [5.41, 5.74) is 0. The summed E-state index contributed by atoms with van der Waals surface area (Å²) in [7, 11) is 0. The van der Waals surface area contributed by atoms with E-state index in [1.54, 1.807) is 0 Å². The molecule has 0 bridgehead atoms. The molecule has 0 radical (unpaired) electrons. The first-order valence-corrected chi connectivity index (χ1v) is 6.48. The van der Waals surface area contributed by atoms with Gasteiger partial charge in [-0.15, -0.1) is 0 Å². The Balaban J connectivity index is 2.99. The van der Waals surface area contributed by atoms with Crippen molar-refractivity contribution in [2.75, 3.05) is 0 Å². The number of aliphatic hydroxyl groups excluding tert-OH is 5. The van der Waals surface area contributed by atoms with Crippen LogP contribution in [-0.2, 0) is 23.9 Å². The van der Waals surface area contributed by atoms with Gasteiger partial charge in [-0.25, -0.2) is 9.59 Å². The molecule has 1 aliphatic heterocycles. The number of ether oxygens (including phenoxy) is 2. The molecule has 4 unspecified atom stereocenters. The van der Waals surface area contributed by atoms with E-state index in [-0.39, 0.29) is 6.47 Å². The summed E-state index contributed by atoms with van der Waals surface area (Å²) in [5, 5.41) is 67.5. The van der Waals surface area contributed by atoms with Gasteiger partial charge in [0.25, 0.3) is 6.47 Å². The van der Waals surface area contributed by atoms with Crippen molar-refractivity contribution in [3.05, 3.63) is 0 Å². The number of aliphatic hydroxyl groups is 5. The zero-order valence-corrected chi connectivity index (χ0v) is 11.9. The minimum Gasteiger partial charge on any atom is -0.479 e. The van der Waals surface area contributed by atoms with E-state index in [0.717, 1.165) is 0 Å². The highest BCUT2D eigenvalue weighted by Gasteiger charge is 2.47. The molecule has 0 aromatic heterocycles. The zero-order chi connectivity index (χ0) is 18.6. The summed E-state index contributed by atoms with van der Waals surface area (Å²) < 4.78 is 9.20. The molecule has 0 amide bonds. The molecule has 1 rings (SSSR count). The van der Waals surface area contributed by atoms with Crippen LogP contribution in [-0.4, -0.2) is 103 Å². The third kappa shape index (κ3) is 4.35. The van der Waals surface area contributed by atoms with Gasteiger partial charge in [-0.05, 0) is 0 Å². The van der Waals surface area contributed by atoms with Crippen LogP contribution in [0.1, 0.15) is 0 Å². The second-order valence-corrected chi connectivity index (χ2v) is 4.89. The maximum absolute atomic E-state index is 10.8. The van der Waals surface area contributed by atoms with Gasteiger partial charge in [0.15, 0.2) is 12.2 Å².